The van der Waals surface area contributed by atoms with Crippen molar-refractivity contribution in [3.8, 4) is 0 Å². The second-order valence-corrected chi connectivity index (χ2v) is 4.08. The fourth-order valence-electron chi connectivity index (χ4n) is 1.09. The largest absolute Gasteiger partial charge is 0.465 e. The Balaban J connectivity index is 3.33. The van der Waals surface area contributed by atoms with Crippen molar-refractivity contribution in [3.63, 3.8) is 0 Å². The fourth-order valence-corrected chi connectivity index (χ4v) is 1.97. The van der Waals surface area contributed by atoms with Gasteiger partial charge in [-0.15, -0.1) is 11.6 Å². The summed E-state index contributed by atoms with van der Waals surface area (Å²) in [6, 6.07) is 1.07. The van der Waals surface area contributed by atoms with Gasteiger partial charge in [0, 0.05) is 5.56 Å². The zero-order valence-electron chi connectivity index (χ0n) is 8.14. The minimum atomic E-state index is -2.72. The first-order valence-corrected chi connectivity index (χ1v) is 5.74. The molecular formula is C9H7ClF2INO2. The molecule has 0 aliphatic rings. The van der Waals surface area contributed by atoms with Crippen molar-refractivity contribution >= 4 is 40.2 Å². The van der Waals surface area contributed by atoms with Gasteiger partial charge >= 0.3 is 5.97 Å². The molecule has 0 saturated carbocycles. The van der Waals surface area contributed by atoms with Crippen LogP contribution in [0.3, 0.4) is 0 Å². The van der Waals surface area contributed by atoms with Crippen LogP contribution in [0.25, 0.3) is 0 Å². The molecule has 0 saturated heterocycles. The summed E-state index contributed by atoms with van der Waals surface area (Å²) >= 11 is 7.27. The second kappa shape index (κ2) is 5.72. The molecule has 7 heteroatoms. The predicted octanol–water partition coefficient (Wildman–Crippen LogP) is 3.15. The average Bonchev–Trinajstić information content (AvgIpc) is 2.27. The third-order valence-electron chi connectivity index (χ3n) is 1.86. The van der Waals surface area contributed by atoms with Gasteiger partial charge < -0.3 is 4.74 Å². The van der Waals surface area contributed by atoms with Crippen LogP contribution in [0.4, 0.5) is 8.78 Å². The number of hydrogen-bond acceptors (Lipinski definition) is 3. The first-order valence-electron chi connectivity index (χ1n) is 4.13. The Bertz CT molecular complexity index is 415. The lowest BCUT2D eigenvalue weighted by atomic mass is 10.1. The number of hydrogen-bond donors (Lipinski definition) is 0. The normalized spacial score (nSPS) is 10.6. The predicted molar refractivity (Wildman–Crippen MR) is 62.8 cm³/mol. The van der Waals surface area contributed by atoms with Crippen LogP contribution in [0.15, 0.2) is 6.07 Å². The molecule has 0 amide bonds. The number of carbonyl (C=O) groups is 1. The molecule has 0 aromatic carbocycles. The highest BCUT2D eigenvalue weighted by Gasteiger charge is 2.20. The molecule has 16 heavy (non-hydrogen) atoms. The molecule has 0 unspecified atom stereocenters. The topological polar surface area (TPSA) is 39.2 Å². The standard InChI is InChI=1S/C9H7ClF2INO2/c1-16-9(15)5-2-4(7(11)12)6(3-10)14-8(5)13/h2,7H,3H2,1H3. The first kappa shape index (κ1) is 13.6. The van der Waals surface area contributed by atoms with E-state index >= 15 is 0 Å². The smallest absolute Gasteiger partial charge is 0.340 e. The maximum atomic E-state index is 12.6. The van der Waals surface area contributed by atoms with Gasteiger partial charge in [0.05, 0.1) is 24.2 Å². The van der Waals surface area contributed by atoms with Crippen molar-refractivity contribution in [1.29, 1.82) is 0 Å². The molecule has 0 atom stereocenters. The van der Waals surface area contributed by atoms with Crippen LogP contribution in [-0.4, -0.2) is 18.1 Å². The molecule has 1 aromatic rings. The van der Waals surface area contributed by atoms with Crippen molar-refractivity contribution in [1.82, 2.24) is 4.98 Å². The summed E-state index contributed by atoms with van der Waals surface area (Å²) in [5.74, 6) is -0.822. The quantitative estimate of drug-likeness (QED) is 0.359. The van der Waals surface area contributed by atoms with Gasteiger partial charge in [0.25, 0.3) is 6.43 Å². The molecule has 0 aliphatic carbocycles. The van der Waals surface area contributed by atoms with Crippen molar-refractivity contribution in [3.05, 3.63) is 26.6 Å². The van der Waals surface area contributed by atoms with E-state index in [1.54, 1.807) is 22.6 Å². The maximum absolute atomic E-state index is 12.6. The number of aromatic nitrogens is 1. The van der Waals surface area contributed by atoms with Crippen LogP contribution in [0.1, 0.15) is 28.0 Å². The van der Waals surface area contributed by atoms with Crippen molar-refractivity contribution in [2.45, 2.75) is 12.3 Å². The van der Waals surface area contributed by atoms with Crippen LogP contribution in [-0.2, 0) is 10.6 Å². The molecular weight excluding hydrogens is 354 g/mol. The summed E-state index contributed by atoms with van der Waals surface area (Å²) in [4.78, 5) is 15.1. The average molecular weight is 362 g/mol. The molecule has 0 aliphatic heterocycles. The number of halogens is 4. The summed E-state index contributed by atoms with van der Waals surface area (Å²) in [5.41, 5.74) is -0.239. The SMILES string of the molecule is COC(=O)c1cc(C(F)F)c(CCl)nc1I. The molecule has 1 rings (SSSR count). The highest BCUT2D eigenvalue weighted by molar-refractivity contribution is 14.1. The van der Waals surface area contributed by atoms with Crippen LogP contribution in [0.5, 0.6) is 0 Å². The number of nitrogens with zero attached hydrogens (tertiary/aromatic N) is 1. The molecule has 3 nitrogen and oxygen atoms in total. The highest BCUT2D eigenvalue weighted by atomic mass is 127. The lowest BCUT2D eigenvalue weighted by Gasteiger charge is -2.09. The van der Waals surface area contributed by atoms with E-state index in [9.17, 15) is 13.6 Å². The van der Waals surface area contributed by atoms with Gasteiger partial charge in [0.2, 0.25) is 0 Å². The van der Waals surface area contributed by atoms with Gasteiger partial charge in [-0.2, -0.15) is 0 Å². The maximum Gasteiger partial charge on any atom is 0.340 e. The molecule has 1 aromatic heterocycles. The van der Waals surface area contributed by atoms with Gasteiger partial charge in [-0.05, 0) is 28.7 Å². The Hall–Kier alpha value is -0.500. The Morgan fingerprint density at radius 3 is 2.75 bits per heavy atom. The Labute approximate surface area is 109 Å². The number of alkyl halides is 3. The lowest BCUT2D eigenvalue weighted by molar-refractivity contribution is 0.0598. The molecule has 0 bridgehead atoms. The Morgan fingerprint density at radius 2 is 2.31 bits per heavy atom. The number of rotatable bonds is 3. The lowest BCUT2D eigenvalue weighted by Crippen LogP contribution is -2.09. The van der Waals surface area contributed by atoms with Gasteiger partial charge in [-0.1, -0.05) is 0 Å². The van der Waals surface area contributed by atoms with Crippen molar-refractivity contribution in [2.75, 3.05) is 7.11 Å². The van der Waals surface area contributed by atoms with E-state index in [1.165, 1.54) is 7.11 Å². The minimum Gasteiger partial charge on any atom is -0.465 e. The van der Waals surface area contributed by atoms with E-state index in [2.05, 4.69) is 9.72 Å². The molecule has 88 valence electrons. The van der Waals surface area contributed by atoms with Crippen LogP contribution in [0.2, 0.25) is 0 Å². The number of carbonyl (C=O) groups excluding carboxylic acids is 1. The van der Waals surface area contributed by atoms with E-state index in [-0.39, 0.29) is 22.7 Å². The zero-order chi connectivity index (χ0) is 12.3. The third kappa shape index (κ3) is 2.79. The van der Waals surface area contributed by atoms with Crippen LogP contribution < -0.4 is 0 Å². The molecule has 0 radical (unpaired) electrons. The van der Waals surface area contributed by atoms with Crippen molar-refractivity contribution in [2.24, 2.45) is 0 Å². The number of pyridine rings is 1. The molecule has 0 spiro atoms. The molecule has 0 N–H and O–H groups in total. The first-order chi connectivity index (χ1) is 7.51. The van der Waals surface area contributed by atoms with E-state index in [1.807, 2.05) is 0 Å². The molecule has 1 heterocycles. The summed E-state index contributed by atoms with van der Waals surface area (Å²) in [6.45, 7) is 0. The summed E-state index contributed by atoms with van der Waals surface area (Å²) in [6.07, 6.45) is -2.72. The van der Waals surface area contributed by atoms with E-state index in [0.717, 1.165) is 6.07 Å². The van der Waals surface area contributed by atoms with Gasteiger partial charge in [0.15, 0.2) is 0 Å². The van der Waals surface area contributed by atoms with Gasteiger partial charge in [0.1, 0.15) is 3.70 Å². The van der Waals surface area contributed by atoms with Crippen LogP contribution in [0, 0.1) is 3.70 Å². The molecule has 0 fully saturated rings. The van der Waals surface area contributed by atoms with Gasteiger partial charge in [-0.3, -0.25) is 0 Å². The second-order valence-electron chi connectivity index (χ2n) is 2.79. The Morgan fingerprint density at radius 1 is 1.69 bits per heavy atom. The highest BCUT2D eigenvalue weighted by Crippen LogP contribution is 2.26. The van der Waals surface area contributed by atoms with E-state index in [0.29, 0.717) is 3.70 Å². The van der Waals surface area contributed by atoms with Crippen LogP contribution >= 0.6 is 34.2 Å². The number of ether oxygens (including phenoxy) is 1. The summed E-state index contributed by atoms with van der Waals surface area (Å²) in [5, 5.41) is 0. The zero-order valence-corrected chi connectivity index (χ0v) is 11.1. The van der Waals surface area contributed by atoms with Gasteiger partial charge in [-0.25, -0.2) is 18.6 Å². The third-order valence-corrected chi connectivity index (χ3v) is 2.93. The fraction of sp³-hybridized carbons (Fsp3) is 0.333. The van der Waals surface area contributed by atoms with Crippen molar-refractivity contribution < 1.29 is 18.3 Å². The summed E-state index contributed by atoms with van der Waals surface area (Å²) < 4.78 is 30.0. The number of esters is 1. The van der Waals surface area contributed by atoms with E-state index in [4.69, 9.17) is 11.6 Å². The minimum absolute atomic E-state index is 0.0206. The monoisotopic (exact) mass is 361 g/mol. The Kier molecular flexibility index (Phi) is 4.85. The van der Waals surface area contributed by atoms with E-state index < -0.39 is 12.4 Å². The number of methoxy groups -OCH3 is 1. The summed E-state index contributed by atoms with van der Waals surface area (Å²) in [7, 11) is 1.18.